The maximum Gasteiger partial charge on any atom is 0.289 e. The summed E-state index contributed by atoms with van der Waals surface area (Å²) in [4.78, 5) is 21.6. The number of thioether (sulfide) groups is 1. The minimum atomic E-state index is -0.0532. The number of para-hydroxylation sites is 3. The van der Waals surface area contributed by atoms with Gasteiger partial charge in [0.25, 0.3) is 11.1 Å². The molecule has 6 nitrogen and oxygen atoms in total. The second kappa shape index (κ2) is 8.51. The lowest BCUT2D eigenvalue weighted by Gasteiger charge is -2.36. The van der Waals surface area contributed by atoms with Gasteiger partial charge in [-0.25, -0.2) is 4.98 Å². The summed E-state index contributed by atoms with van der Waals surface area (Å²) in [6, 6.07) is 19.7. The van der Waals surface area contributed by atoms with Crippen LogP contribution >= 0.6 is 11.8 Å². The highest BCUT2D eigenvalue weighted by Gasteiger charge is 2.25. The van der Waals surface area contributed by atoms with Gasteiger partial charge >= 0.3 is 0 Å². The van der Waals surface area contributed by atoms with E-state index in [1.165, 1.54) is 23.0 Å². The van der Waals surface area contributed by atoms with Gasteiger partial charge in [0.1, 0.15) is 11.3 Å². The van der Waals surface area contributed by atoms with Crippen LogP contribution in [0, 0.1) is 6.92 Å². The van der Waals surface area contributed by atoms with Crippen LogP contribution in [0.2, 0.25) is 0 Å². The number of carbonyl (C=O) groups is 1. The first-order valence-corrected chi connectivity index (χ1v) is 11.3. The molecule has 158 valence electrons. The Morgan fingerprint density at radius 3 is 2.55 bits per heavy atom. The molecule has 0 N–H and O–H groups in total. The van der Waals surface area contributed by atoms with Crippen molar-refractivity contribution in [1.82, 2.24) is 9.88 Å². The maximum atomic E-state index is 12.9. The number of furan rings is 1. The molecule has 1 amide bonds. The molecule has 0 unspecified atom stereocenters. The molecule has 1 aliphatic rings. The zero-order valence-corrected chi connectivity index (χ0v) is 18.1. The fourth-order valence-electron chi connectivity index (χ4n) is 3.84. The number of benzene rings is 2. The third-order valence-corrected chi connectivity index (χ3v) is 6.36. The van der Waals surface area contributed by atoms with Crippen molar-refractivity contribution in [2.75, 3.05) is 31.1 Å². The van der Waals surface area contributed by atoms with Crippen LogP contribution in [0.4, 0.5) is 5.69 Å². The van der Waals surface area contributed by atoms with Gasteiger partial charge in [0.05, 0.1) is 5.75 Å². The van der Waals surface area contributed by atoms with Crippen molar-refractivity contribution in [3.8, 4) is 0 Å². The standard InChI is InChI=1S/C24H23N3O3S/c1-17-6-2-4-8-20(17)26-12-14-27(15-13-26)23(28)22-11-10-18(29-22)16-31-24-25-19-7-3-5-9-21(19)30-24/h2-11H,12-16H2,1H3. The van der Waals surface area contributed by atoms with Gasteiger partial charge in [-0.05, 0) is 42.8 Å². The van der Waals surface area contributed by atoms with Crippen molar-refractivity contribution in [3.05, 3.63) is 77.7 Å². The quantitative estimate of drug-likeness (QED) is 0.414. The Morgan fingerprint density at radius 2 is 1.74 bits per heavy atom. The minimum Gasteiger partial charge on any atom is -0.455 e. The number of oxazole rings is 1. The Morgan fingerprint density at radius 1 is 0.968 bits per heavy atom. The molecule has 4 aromatic rings. The number of rotatable bonds is 5. The number of hydrogen-bond acceptors (Lipinski definition) is 6. The SMILES string of the molecule is Cc1ccccc1N1CCN(C(=O)c2ccc(CSc3nc4ccccc4o3)o2)CC1. The minimum absolute atomic E-state index is 0.0532. The van der Waals surface area contributed by atoms with E-state index in [-0.39, 0.29) is 5.91 Å². The molecular formula is C24H23N3O3S. The first-order chi connectivity index (χ1) is 15.2. The van der Waals surface area contributed by atoms with Crippen molar-refractivity contribution in [2.24, 2.45) is 0 Å². The lowest BCUT2D eigenvalue weighted by Crippen LogP contribution is -2.48. The predicted octanol–water partition coefficient (Wildman–Crippen LogP) is 4.98. The van der Waals surface area contributed by atoms with E-state index in [0.717, 1.165) is 29.9 Å². The smallest absolute Gasteiger partial charge is 0.289 e. The molecule has 2 aromatic carbocycles. The summed E-state index contributed by atoms with van der Waals surface area (Å²) >= 11 is 1.46. The second-order valence-electron chi connectivity index (χ2n) is 7.57. The third kappa shape index (κ3) is 4.18. The van der Waals surface area contributed by atoms with Crippen LogP contribution in [0.1, 0.15) is 21.9 Å². The number of aryl methyl sites for hydroxylation is 1. The lowest BCUT2D eigenvalue weighted by atomic mass is 10.1. The average Bonchev–Trinajstić information content (AvgIpc) is 3.44. The van der Waals surface area contributed by atoms with Gasteiger partial charge in [0.2, 0.25) is 0 Å². The molecule has 7 heteroatoms. The number of anilines is 1. The fourth-order valence-corrected chi connectivity index (χ4v) is 4.57. The first kappa shape index (κ1) is 19.8. The zero-order chi connectivity index (χ0) is 21.2. The predicted molar refractivity (Wildman–Crippen MR) is 122 cm³/mol. The van der Waals surface area contributed by atoms with Crippen LogP contribution in [0.5, 0.6) is 0 Å². The molecule has 0 saturated carbocycles. The van der Waals surface area contributed by atoms with E-state index >= 15 is 0 Å². The number of amides is 1. The van der Waals surface area contributed by atoms with Crippen molar-refractivity contribution in [2.45, 2.75) is 17.9 Å². The lowest BCUT2D eigenvalue weighted by molar-refractivity contribution is 0.0713. The number of carbonyl (C=O) groups excluding carboxylic acids is 1. The normalized spacial score (nSPS) is 14.4. The van der Waals surface area contributed by atoms with E-state index < -0.39 is 0 Å². The van der Waals surface area contributed by atoms with E-state index in [9.17, 15) is 4.79 Å². The van der Waals surface area contributed by atoms with E-state index in [0.29, 0.717) is 29.8 Å². The summed E-state index contributed by atoms with van der Waals surface area (Å²) in [6.07, 6.45) is 0. The summed E-state index contributed by atoms with van der Waals surface area (Å²) < 4.78 is 11.6. The Kier molecular flexibility index (Phi) is 5.42. The number of hydrogen-bond donors (Lipinski definition) is 0. The van der Waals surface area contributed by atoms with E-state index in [2.05, 4.69) is 41.1 Å². The molecule has 5 rings (SSSR count). The van der Waals surface area contributed by atoms with E-state index in [1.807, 2.05) is 35.2 Å². The highest BCUT2D eigenvalue weighted by atomic mass is 32.2. The second-order valence-corrected chi connectivity index (χ2v) is 8.49. The Hall–Kier alpha value is -3.19. The molecule has 0 bridgehead atoms. The van der Waals surface area contributed by atoms with Crippen LogP contribution in [-0.4, -0.2) is 42.0 Å². The molecule has 1 saturated heterocycles. The highest BCUT2D eigenvalue weighted by Crippen LogP contribution is 2.27. The van der Waals surface area contributed by atoms with Crippen molar-refractivity contribution >= 4 is 34.5 Å². The van der Waals surface area contributed by atoms with Gasteiger partial charge < -0.3 is 18.6 Å². The molecule has 3 heterocycles. The van der Waals surface area contributed by atoms with Gasteiger partial charge in [-0.2, -0.15) is 0 Å². The summed E-state index contributed by atoms with van der Waals surface area (Å²) in [5.74, 6) is 1.62. The maximum absolute atomic E-state index is 12.9. The molecule has 31 heavy (non-hydrogen) atoms. The zero-order valence-electron chi connectivity index (χ0n) is 17.3. The van der Waals surface area contributed by atoms with Crippen molar-refractivity contribution in [3.63, 3.8) is 0 Å². The monoisotopic (exact) mass is 433 g/mol. The molecule has 0 radical (unpaired) electrons. The van der Waals surface area contributed by atoms with Gasteiger partial charge in [0.15, 0.2) is 11.3 Å². The van der Waals surface area contributed by atoms with Crippen molar-refractivity contribution < 1.29 is 13.6 Å². The van der Waals surface area contributed by atoms with E-state index in [4.69, 9.17) is 8.83 Å². The number of aromatic nitrogens is 1. The summed E-state index contributed by atoms with van der Waals surface area (Å²) in [5, 5.41) is 0.595. The summed E-state index contributed by atoms with van der Waals surface area (Å²) in [6.45, 7) is 5.12. The molecule has 2 aromatic heterocycles. The first-order valence-electron chi connectivity index (χ1n) is 10.3. The van der Waals surface area contributed by atoms with Crippen molar-refractivity contribution in [1.29, 1.82) is 0 Å². The topological polar surface area (TPSA) is 62.7 Å². The molecule has 0 aliphatic carbocycles. The number of nitrogens with zero attached hydrogens (tertiary/aromatic N) is 3. The Balaban J connectivity index is 1.18. The third-order valence-electron chi connectivity index (χ3n) is 5.51. The molecule has 1 fully saturated rings. The number of piperazine rings is 1. The van der Waals surface area contributed by atoms with Gasteiger partial charge in [0, 0.05) is 31.9 Å². The van der Waals surface area contributed by atoms with Crippen LogP contribution < -0.4 is 4.90 Å². The van der Waals surface area contributed by atoms with Crippen LogP contribution in [0.25, 0.3) is 11.1 Å². The van der Waals surface area contributed by atoms with Crippen LogP contribution in [-0.2, 0) is 5.75 Å². The molecule has 0 spiro atoms. The van der Waals surface area contributed by atoms with Gasteiger partial charge in [-0.1, -0.05) is 42.1 Å². The van der Waals surface area contributed by atoms with Crippen LogP contribution in [0.3, 0.4) is 0 Å². The number of fused-ring (bicyclic) bond motifs is 1. The summed E-state index contributed by atoms with van der Waals surface area (Å²) in [5.41, 5.74) is 4.11. The summed E-state index contributed by atoms with van der Waals surface area (Å²) in [7, 11) is 0. The molecule has 1 aliphatic heterocycles. The Bertz CT molecular complexity index is 1170. The highest BCUT2D eigenvalue weighted by molar-refractivity contribution is 7.98. The fraction of sp³-hybridized carbons (Fsp3) is 0.250. The van der Waals surface area contributed by atoms with Gasteiger partial charge in [-0.15, -0.1) is 0 Å². The van der Waals surface area contributed by atoms with Gasteiger partial charge in [-0.3, -0.25) is 4.79 Å². The molecule has 0 atom stereocenters. The van der Waals surface area contributed by atoms with Crippen LogP contribution in [0.15, 0.2) is 74.7 Å². The van der Waals surface area contributed by atoms with E-state index in [1.54, 1.807) is 6.07 Å². The Labute approximate surface area is 184 Å². The average molecular weight is 434 g/mol. The molecular weight excluding hydrogens is 410 g/mol. The largest absolute Gasteiger partial charge is 0.455 e.